The lowest BCUT2D eigenvalue weighted by atomic mass is 9.64. The van der Waals surface area contributed by atoms with Gasteiger partial charge in [-0.05, 0) is 87.5 Å². The first-order valence-corrected chi connectivity index (χ1v) is 12.9. The number of carbonyl (C=O) groups excluding carboxylic acids is 1. The van der Waals surface area contributed by atoms with Crippen molar-refractivity contribution in [3.8, 4) is 5.75 Å². The van der Waals surface area contributed by atoms with Crippen LogP contribution in [0.2, 0.25) is 0 Å². The van der Waals surface area contributed by atoms with E-state index in [0.29, 0.717) is 29.4 Å². The SMILES string of the molecule is Cc1cc(OCCCC2CCN(N3OOC(C4CC(C)(C)C4)O3)CC2)ccc1C(=O)N[C@H](C)CO. The number of ether oxygens (including phenoxy) is 1. The summed E-state index contributed by atoms with van der Waals surface area (Å²) in [4.78, 5) is 29.0. The molecule has 0 bridgehead atoms. The number of rotatable bonds is 10. The van der Waals surface area contributed by atoms with Gasteiger partial charge in [-0.2, -0.15) is 9.90 Å². The minimum absolute atomic E-state index is 0.0846. The molecule has 1 aliphatic carbocycles. The molecule has 0 aromatic heterocycles. The summed E-state index contributed by atoms with van der Waals surface area (Å²) >= 11 is 0. The van der Waals surface area contributed by atoms with Gasteiger partial charge >= 0.3 is 0 Å². The molecule has 0 spiro atoms. The average Bonchev–Trinajstić information content (AvgIpc) is 3.30. The van der Waals surface area contributed by atoms with Gasteiger partial charge in [0.1, 0.15) is 5.75 Å². The van der Waals surface area contributed by atoms with Gasteiger partial charge in [-0.3, -0.25) is 4.79 Å². The van der Waals surface area contributed by atoms with E-state index in [1.165, 1.54) is 5.34 Å². The van der Waals surface area contributed by atoms with E-state index in [2.05, 4.69) is 24.2 Å². The van der Waals surface area contributed by atoms with Crippen LogP contribution in [0.25, 0.3) is 0 Å². The fraction of sp³-hybridized carbons (Fsp3) is 0.731. The topological polar surface area (TPSA) is 92.7 Å². The summed E-state index contributed by atoms with van der Waals surface area (Å²) in [6.45, 7) is 10.5. The summed E-state index contributed by atoms with van der Waals surface area (Å²) in [5.74, 6) is 1.65. The van der Waals surface area contributed by atoms with Crippen LogP contribution in [-0.4, -0.2) is 60.0 Å². The maximum absolute atomic E-state index is 12.3. The largest absolute Gasteiger partial charge is 0.494 e. The standard InChI is InChI=1S/C26H41N3O6/c1-18-14-22(7-8-23(18)24(31)27-19(2)17-30)32-13-5-6-20-9-11-28(12-10-20)29-33-25(34-35-29)21-15-26(3,4)16-21/h7-8,14,19-21,25,30H,5-6,9-13,15-17H2,1-4H3,(H,27,31)/t19-,25?/m1/s1. The van der Waals surface area contributed by atoms with Crippen LogP contribution < -0.4 is 10.1 Å². The molecule has 4 rings (SSSR count). The monoisotopic (exact) mass is 491 g/mol. The highest BCUT2D eigenvalue weighted by molar-refractivity contribution is 5.95. The normalized spacial score (nSPS) is 24.8. The first-order valence-electron chi connectivity index (χ1n) is 12.9. The number of carbonyl (C=O) groups is 1. The number of nitrogens with one attached hydrogen (secondary N) is 1. The van der Waals surface area contributed by atoms with Crippen molar-refractivity contribution in [1.29, 1.82) is 0 Å². The Kier molecular flexibility index (Phi) is 8.67. The lowest BCUT2D eigenvalue weighted by Gasteiger charge is -2.43. The van der Waals surface area contributed by atoms with E-state index < -0.39 is 0 Å². The van der Waals surface area contributed by atoms with Gasteiger partial charge in [-0.25, -0.2) is 4.84 Å². The zero-order valence-electron chi connectivity index (χ0n) is 21.5. The highest BCUT2D eigenvalue weighted by Gasteiger charge is 2.47. The van der Waals surface area contributed by atoms with Gasteiger partial charge in [0.15, 0.2) is 0 Å². The fourth-order valence-electron chi connectivity index (χ4n) is 5.30. The number of piperidine rings is 1. The number of amides is 1. The number of nitrogens with zero attached hydrogens (tertiary/aromatic N) is 2. The van der Waals surface area contributed by atoms with Gasteiger partial charge in [0.2, 0.25) is 6.29 Å². The summed E-state index contributed by atoms with van der Waals surface area (Å²) < 4.78 is 5.94. The Labute approximate surface area is 208 Å². The number of aliphatic hydroxyl groups excluding tert-OH is 1. The molecule has 3 aliphatic rings. The predicted molar refractivity (Wildman–Crippen MR) is 130 cm³/mol. The minimum atomic E-state index is -0.297. The Morgan fingerprint density at radius 3 is 2.69 bits per heavy atom. The maximum Gasteiger partial charge on any atom is 0.251 e. The molecule has 0 radical (unpaired) electrons. The predicted octanol–water partition coefficient (Wildman–Crippen LogP) is 3.76. The molecule has 2 N–H and O–H groups in total. The molecule has 2 saturated heterocycles. The van der Waals surface area contributed by atoms with Crippen molar-refractivity contribution in [2.45, 2.75) is 78.6 Å². The third kappa shape index (κ3) is 6.93. The Balaban J connectivity index is 1.11. The molecule has 1 aromatic carbocycles. The van der Waals surface area contributed by atoms with Crippen molar-refractivity contribution in [3.05, 3.63) is 29.3 Å². The Hall–Kier alpha value is -1.75. The highest BCUT2D eigenvalue weighted by atomic mass is 17.4. The number of aryl methyl sites for hydroxylation is 1. The number of hydrogen-bond acceptors (Lipinski definition) is 8. The molecule has 1 aromatic rings. The van der Waals surface area contributed by atoms with Crippen molar-refractivity contribution in [1.82, 2.24) is 15.7 Å². The lowest BCUT2D eigenvalue weighted by Crippen LogP contribution is -2.46. The zero-order chi connectivity index (χ0) is 25.0. The summed E-state index contributed by atoms with van der Waals surface area (Å²) in [5.41, 5.74) is 1.84. The Morgan fingerprint density at radius 1 is 1.29 bits per heavy atom. The molecule has 9 nitrogen and oxygen atoms in total. The van der Waals surface area contributed by atoms with Crippen LogP contribution in [-0.2, 0) is 14.7 Å². The Bertz CT molecular complexity index is 849. The van der Waals surface area contributed by atoms with Crippen LogP contribution in [0.3, 0.4) is 0 Å². The minimum Gasteiger partial charge on any atom is -0.494 e. The van der Waals surface area contributed by atoms with Gasteiger partial charge in [0.25, 0.3) is 5.91 Å². The molecule has 196 valence electrons. The molecule has 2 atom stereocenters. The maximum atomic E-state index is 12.3. The molecule has 9 heteroatoms. The molecular weight excluding hydrogens is 450 g/mol. The molecule has 1 amide bonds. The second kappa shape index (κ2) is 11.5. The van der Waals surface area contributed by atoms with Gasteiger partial charge in [-0.15, -0.1) is 0 Å². The molecular formula is C26H41N3O6. The number of benzene rings is 1. The summed E-state index contributed by atoms with van der Waals surface area (Å²) in [6.07, 6.45) is 6.17. The van der Waals surface area contributed by atoms with Gasteiger partial charge in [-0.1, -0.05) is 18.8 Å². The molecule has 2 aliphatic heterocycles. The van der Waals surface area contributed by atoms with Crippen LogP contribution in [0.15, 0.2) is 18.2 Å². The van der Waals surface area contributed by atoms with Crippen molar-refractivity contribution in [2.75, 3.05) is 26.3 Å². The number of hydrogen-bond donors (Lipinski definition) is 2. The van der Waals surface area contributed by atoms with Crippen molar-refractivity contribution >= 4 is 5.91 Å². The lowest BCUT2D eigenvalue weighted by molar-refractivity contribution is -0.487. The van der Waals surface area contributed by atoms with E-state index >= 15 is 0 Å². The third-order valence-electron chi connectivity index (χ3n) is 7.35. The molecule has 1 unspecified atom stereocenters. The van der Waals surface area contributed by atoms with Crippen molar-refractivity contribution in [2.24, 2.45) is 17.3 Å². The third-order valence-corrected chi connectivity index (χ3v) is 7.35. The summed E-state index contributed by atoms with van der Waals surface area (Å²) in [5, 5.41) is 15.4. The second-order valence-corrected chi connectivity index (χ2v) is 11.1. The van der Waals surface area contributed by atoms with Gasteiger partial charge < -0.3 is 15.2 Å². The first kappa shape index (κ1) is 26.3. The quantitative estimate of drug-likeness (QED) is 0.378. The van der Waals surface area contributed by atoms with Gasteiger partial charge in [0.05, 0.1) is 13.2 Å². The van der Waals surface area contributed by atoms with E-state index in [4.69, 9.17) is 24.6 Å². The van der Waals surface area contributed by atoms with Crippen molar-refractivity contribution < 1.29 is 29.4 Å². The van der Waals surface area contributed by atoms with Crippen molar-refractivity contribution in [3.63, 3.8) is 0 Å². The van der Waals surface area contributed by atoms with E-state index in [9.17, 15) is 4.79 Å². The number of aliphatic hydroxyl groups is 1. The molecule has 35 heavy (non-hydrogen) atoms. The van der Waals surface area contributed by atoms with Crippen LogP contribution in [0.1, 0.15) is 75.2 Å². The Morgan fingerprint density at radius 2 is 2.03 bits per heavy atom. The van der Waals surface area contributed by atoms with Crippen LogP contribution in [0.4, 0.5) is 0 Å². The summed E-state index contributed by atoms with van der Waals surface area (Å²) in [7, 11) is 0. The second-order valence-electron chi connectivity index (χ2n) is 11.1. The van der Waals surface area contributed by atoms with Crippen LogP contribution >= 0.6 is 0 Å². The van der Waals surface area contributed by atoms with E-state index in [1.54, 1.807) is 13.0 Å². The molecule has 3 fully saturated rings. The van der Waals surface area contributed by atoms with E-state index in [0.717, 1.165) is 62.9 Å². The zero-order valence-corrected chi connectivity index (χ0v) is 21.5. The van der Waals surface area contributed by atoms with E-state index in [-0.39, 0.29) is 24.8 Å². The van der Waals surface area contributed by atoms with E-state index in [1.807, 2.05) is 19.1 Å². The fourth-order valence-corrected chi connectivity index (χ4v) is 5.30. The van der Waals surface area contributed by atoms with Gasteiger partial charge in [0, 0.05) is 35.9 Å². The number of hydrazine groups is 1. The molecule has 2 heterocycles. The molecule has 1 saturated carbocycles. The summed E-state index contributed by atoms with van der Waals surface area (Å²) in [6, 6.07) is 5.24. The van der Waals surface area contributed by atoms with Crippen LogP contribution in [0.5, 0.6) is 5.75 Å². The first-order chi connectivity index (χ1) is 16.7. The average molecular weight is 492 g/mol. The highest BCUT2D eigenvalue weighted by Crippen LogP contribution is 2.48. The smallest absolute Gasteiger partial charge is 0.251 e. The van der Waals surface area contributed by atoms with Crippen LogP contribution in [0, 0.1) is 24.2 Å².